The van der Waals surface area contributed by atoms with Crippen LogP contribution in [0.15, 0.2) is 96.6 Å². The number of carboxylic acids is 4. The van der Waals surface area contributed by atoms with Gasteiger partial charge in [0.25, 0.3) is 0 Å². The zero-order valence-electron chi connectivity index (χ0n) is 19.8. The van der Waals surface area contributed by atoms with Gasteiger partial charge >= 0.3 is 23.9 Å². The molecule has 0 atom stereocenters. The highest BCUT2D eigenvalue weighted by molar-refractivity contribution is 5.94. The van der Waals surface area contributed by atoms with E-state index in [9.17, 15) is 39.6 Å². The number of carbonyl (C=O) groups is 4. The Bertz CT molecular complexity index is 1290. The molecule has 10 nitrogen and oxygen atoms in total. The van der Waals surface area contributed by atoms with Crippen molar-refractivity contribution in [1.82, 2.24) is 9.80 Å². The lowest BCUT2D eigenvalue weighted by atomic mass is 10.0. The van der Waals surface area contributed by atoms with Crippen LogP contribution in [0.2, 0.25) is 0 Å². The summed E-state index contributed by atoms with van der Waals surface area (Å²) in [5.41, 5.74) is 2.51. The fourth-order valence-corrected chi connectivity index (χ4v) is 3.99. The molecule has 0 spiro atoms. The smallest absolute Gasteiger partial charge is 0.335 e. The molecule has 0 amide bonds. The minimum Gasteiger partial charge on any atom is -0.478 e. The van der Waals surface area contributed by atoms with E-state index in [4.69, 9.17) is 0 Å². The average Bonchev–Trinajstić information content (AvgIpc) is 2.89. The minimum atomic E-state index is -1.20. The van der Waals surface area contributed by atoms with E-state index in [2.05, 4.69) is 0 Å². The monoisotopic (exact) mass is 514 g/mol. The van der Waals surface area contributed by atoms with Crippen LogP contribution in [0.4, 0.5) is 0 Å². The van der Waals surface area contributed by atoms with Crippen LogP contribution in [0, 0.1) is 0 Å². The molecular formula is C28H22N2O8. The summed E-state index contributed by atoms with van der Waals surface area (Å²) >= 11 is 0. The normalized spacial score (nSPS) is 14.2. The topological polar surface area (TPSA) is 156 Å². The van der Waals surface area contributed by atoms with Crippen molar-refractivity contribution < 1.29 is 39.6 Å². The van der Waals surface area contributed by atoms with Crippen molar-refractivity contribution in [3.8, 4) is 0 Å². The van der Waals surface area contributed by atoms with E-state index >= 15 is 0 Å². The van der Waals surface area contributed by atoms with Gasteiger partial charge in [-0.1, -0.05) is 0 Å². The van der Waals surface area contributed by atoms with Crippen molar-refractivity contribution in [3.63, 3.8) is 0 Å². The van der Waals surface area contributed by atoms with Crippen LogP contribution in [0.3, 0.4) is 0 Å². The first-order valence-corrected chi connectivity index (χ1v) is 11.3. The molecule has 38 heavy (non-hydrogen) atoms. The Balaban J connectivity index is 1.44. The van der Waals surface area contributed by atoms with Gasteiger partial charge in [0.1, 0.15) is 0 Å². The molecule has 10 heteroatoms. The van der Waals surface area contributed by atoms with Gasteiger partial charge in [-0.05, 0) is 83.0 Å². The molecule has 2 aliphatic rings. The molecule has 0 radical (unpaired) electrons. The summed E-state index contributed by atoms with van der Waals surface area (Å²) < 4.78 is 0. The molecule has 192 valence electrons. The summed E-state index contributed by atoms with van der Waals surface area (Å²) in [6.07, 6.45) is 14.7. The molecule has 0 unspecified atom stereocenters. The van der Waals surface area contributed by atoms with Crippen LogP contribution >= 0.6 is 0 Å². The van der Waals surface area contributed by atoms with Gasteiger partial charge in [-0.3, -0.25) is 0 Å². The van der Waals surface area contributed by atoms with Gasteiger partial charge in [0, 0.05) is 37.9 Å². The Morgan fingerprint density at radius 2 is 0.737 bits per heavy atom. The summed E-state index contributed by atoms with van der Waals surface area (Å²) in [4.78, 5) is 49.0. The summed E-state index contributed by atoms with van der Waals surface area (Å²) in [6.45, 7) is 0.564. The average molecular weight is 514 g/mol. The lowest BCUT2D eigenvalue weighted by Gasteiger charge is -2.22. The van der Waals surface area contributed by atoms with Crippen molar-refractivity contribution >= 4 is 23.9 Å². The molecule has 0 fully saturated rings. The van der Waals surface area contributed by atoms with E-state index < -0.39 is 23.9 Å². The molecule has 0 bridgehead atoms. The maximum atomic E-state index is 11.3. The molecule has 0 saturated heterocycles. The zero-order valence-corrected chi connectivity index (χ0v) is 19.8. The van der Waals surface area contributed by atoms with Gasteiger partial charge in [0.05, 0.1) is 22.3 Å². The predicted molar refractivity (Wildman–Crippen MR) is 135 cm³/mol. The summed E-state index contributed by atoms with van der Waals surface area (Å²) in [6, 6.07) is 8.01. The van der Waals surface area contributed by atoms with Crippen LogP contribution in [-0.2, 0) is 13.1 Å². The van der Waals surface area contributed by atoms with Crippen molar-refractivity contribution in [2.45, 2.75) is 13.1 Å². The largest absolute Gasteiger partial charge is 0.478 e. The van der Waals surface area contributed by atoms with Crippen LogP contribution in [0.5, 0.6) is 0 Å². The van der Waals surface area contributed by atoms with E-state index in [0.717, 1.165) is 23.3 Å². The Morgan fingerprint density at radius 1 is 0.474 bits per heavy atom. The first-order valence-electron chi connectivity index (χ1n) is 11.3. The summed E-state index contributed by atoms with van der Waals surface area (Å²) in [5, 5.41) is 37.1. The van der Waals surface area contributed by atoms with Crippen molar-refractivity contribution in [3.05, 3.63) is 130 Å². The molecule has 4 rings (SSSR count). The summed E-state index contributed by atoms with van der Waals surface area (Å²) in [7, 11) is 0. The maximum absolute atomic E-state index is 11.3. The number of rotatable bonds is 8. The first-order chi connectivity index (χ1) is 18.1. The summed E-state index contributed by atoms with van der Waals surface area (Å²) in [5.74, 6) is -4.80. The van der Waals surface area contributed by atoms with Crippen LogP contribution in [0.1, 0.15) is 52.6 Å². The number of aromatic carboxylic acids is 4. The van der Waals surface area contributed by atoms with Crippen molar-refractivity contribution in [2.24, 2.45) is 0 Å². The molecular weight excluding hydrogens is 492 g/mol. The zero-order chi connectivity index (χ0) is 27.4. The number of carboxylic acid groups (broad SMARTS) is 4. The lowest BCUT2D eigenvalue weighted by Crippen LogP contribution is -2.14. The highest BCUT2D eigenvalue weighted by Crippen LogP contribution is 2.23. The van der Waals surface area contributed by atoms with E-state index in [1.807, 2.05) is 24.3 Å². The quantitative estimate of drug-likeness (QED) is 0.403. The Labute approximate surface area is 216 Å². The van der Waals surface area contributed by atoms with Gasteiger partial charge < -0.3 is 30.2 Å². The molecule has 2 heterocycles. The minimum absolute atomic E-state index is 0.0939. The number of nitrogens with zero attached hydrogens (tertiary/aromatic N) is 2. The number of benzene rings is 2. The SMILES string of the molecule is O=C(O)c1cc(CN2C=CC(=C3C=CN(Cc4cc(C(=O)O)cc(C(=O)O)c4)C=C3)C=C2)cc(C(=O)O)c1. The second-order valence-electron chi connectivity index (χ2n) is 8.58. The third kappa shape index (κ3) is 6.05. The molecule has 0 aromatic heterocycles. The van der Waals surface area contributed by atoms with Gasteiger partial charge in [-0.2, -0.15) is 0 Å². The first kappa shape index (κ1) is 25.7. The second-order valence-corrected chi connectivity index (χ2v) is 8.58. The number of hydrogen-bond acceptors (Lipinski definition) is 6. The lowest BCUT2D eigenvalue weighted by molar-refractivity contribution is 0.0676. The second kappa shape index (κ2) is 10.7. The van der Waals surface area contributed by atoms with Crippen LogP contribution in [-0.4, -0.2) is 54.1 Å². The van der Waals surface area contributed by atoms with Crippen molar-refractivity contribution in [2.75, 3.05) is 0 Å². The van der Waals surface area contributed by atoms with E-state index in [-0.39, 0.29) is 35.3 Å². The van der Waals surface area contributed by atoms with Crippen LogP contribution in [0.25, 0.3) is 0 Å². The van der Waals surface area contributed by atoms with E-state index in [0.29, 0.717) is 11.1 Å². The standard InChI is InChI=1S/C28H22N2O8/c31-25(32)21-9-17(10-22(13-21)26(33)34)15-29-5-1-19(2-6-29)20-3-7-30(8-4-20)16-18-11-23(27(35)36)14-24(12-18)28(37)38/h1-14H,15-16H2,(H,31,32)(H,33,34)(H,35,36)(H,37,38). The van der Waals surface area contributed by atoms with Crippen LogP contribution < -0.4 is 0 Å². The number of hydrogen-bond donors (Lipinski definition) is 4. The van der Waals surface area contributed by atoms with E-state index in [1.54, 1.807) is 34.6 Å². The third-order valence-electron chi connectivity index (χ3n) is 5.82. The predicted octanol–water partition coefficient (Wildman–Crippen LogP) is 4.16. The Morgan fingerprint density at radius 3 is 0.974 bits per heavy atom. The Hall–Kier alpha value is -5.38. The van der Waals surface area contributed by atoms with Gasteiger partial charge in [-0.25, -0.2) is 19.2 Å². The fourth-order valence-electron chi connectivity index (χ4n) is 3.99. The molecule has 2 aromatic carbocycles. The third-order valence-corrected chi connectivity index (χ3v) is 5.82. The maximum Gasteiger partial charge on any atom is 0.335 e. The number of allylic oxidation sites excluding steroid dienone is 6. The van der Waals surface area contributed by atoms with Gasteiger partial charge in [-0.15, -0.1) is 0 Å². The van der Waals surface area contributed by atoms with Gasteiger partial charge in [0.15, 0.2) is 0 Å². The highest BCUT2D eigenvalue weighted by Gasteiger charge is 2.15. The molecule has 4 N–H and O–H groups in total. The fraction of sp³-hybridized carbons (Fsp3) is 0.0714. The highest BCUT2D eigenvalue weighted by atomic mass is 16.4. The Kier molecular flexibility index (Phi) is 7.24. The van der Waals surface area contributed by atoms with Crippen molar-refractivity contribution in [1.29, 1.82) is 0 Å². The molecule has 2 aliphatic heterocycles. The molecule has 0 saturated carbocycles. The van der Waals surface area contributed by atoms with Gasteiger partial charge in [0.2, 0.25) is 0 Å². The molecule has 2 aromatic rings. The van der Waals surface area contributed by atoms with E-state index in [1.165, 1.54) is 24.3 Å². The molecule has 0 aliphatic carbocycles.